The van der Waals surface area contributed by atoms with Gasteiger partial charge in [-0.1, -0.05) is 12.1 Å². The van der Waals surface area contributed by atoms with E-state index < -0.39 is 0 Å². The van der Waals surface area contributed by atoms with Crippen LogP contribution in [0.2, 0.25) is 0 Å². The standard InChI is InChI=1S/C19H22N4O2/c1-22-9-11-23(12-10-22)14-18(24)16-3-2-4-17(13-16)21-19(25)15-5-7-20-8-6-15/h2-8,13H,9-12,14H2,1H3,(H,21,25). The summed E-state index contributed by atoms with van der Waals surface area (Å²) in [5, 5.41) is 2.82. The quantitative estimate of drug-likeness (QED) is 0.842. The number of pyridine rings is 1. The molecule has 0 atom stereocenters. The molecule has 1 aromatic carbocycles. The minimum atomic E-state index is -0.217. The normalized spacial score (nSPS) is 15.7. The van der Waals surface area contributed by atoms with Crippen molar-refractivity contribution in [2.45, 2.75) is 0 Å². The van der Waals surface area contributed by atoms with Crippen LogP contribution >= 0.6 is 0 Å². The Morgan fingerprint density at radius 2 is 1.76 bits per heavy atom. The van der Waals surface area contributed by atoms with Gasteiger partial charge in [0.2, 0.25) is 0 Å². The van der Waals surface area contributed by atoms with Crippen molar-refractivity contribution in [2.24, 2.45) is 0 Å². The first-order valence-corrected chi connectivity index (χ1v) is 8.37. The summed E-state index contributed by atoms with van der Waals surface area (Å²) in [6, 6.07) is 10.4. The van der Waals surface area contributed by atoms with E-state index in [1.807, 2.05) is 0 Å². The summed E-state index contributed by atoms with van der Waals surface area (Å²) in [4.78, 5) is 33.1. The molecule has 1 fully saturated rings. The molecule has 130 valence electrons. The lowest BCUT2D eigenvalue weighted by atomic mass is 10.1. The smallest absolute Gasteiger partial charge is 0.255 e. The number of Topliss-reactive ketones (excluding diaryl/α,β-unsaturated/α-hetero) is 1. The molecule has 2 aromatic rings. The van der Waals surface area contributed by atoms with Gasteiger partial charge in [0.05, 0.1) is 6.54 Å². The Kier molecular flexibility index (Phi) is 5.53. The minimum Gasteiger partial charge on any atom is -0.322 e. The zero-order valence-corrected chi connectivity index (χ0v) is 14.3. The molecule has 1 amide bonds. The van der Waals surface area contributed by atoms with Gasteiger partial charge in [-0.05, 0) is 31.3 Å². The van der Waals surface area contributed by atoms with Gasteiger partial charge in [0.25, 0.3) is 5.91 Å². The zero-order valence-electron chi connectivity index (χ0n) is 14.3. The van der Waals surface area contributed by atoms with Gasteiger partial charge in [-0.15, -0.1) is 0 Å². The maximum atomic E-state index is 12.5. The van der Waals surface area contributed by atoms with Crippen LogP contribution in [0.1, 0.15) is 20.7 Å². The molecule has 0 unspecified atom stereocenters. The van der Waals surface area contributed by atoms with E-state index in [4.69, 9.17) is 0 Å². The SMILES string of the molecule is CN1CCN(CC(=O)c2cccc(NC(=O)c3ccncc3)c2)CC1. The number of aromatic nitrogens is 1. The topological polar surface area (TPSA) is 65.5 Å². The Morgan fingerprint density at radius 1 is 1.04 bits per heavy atom. The number of likely N-dealkylation sites (N-methyl/N-ethyl adjacent to an activating group) is 1. The van der Waals surface area contributed by atoms with E-state index in [0.717, 1.165) is 26.2 Å². The first-order valence-electron chi connectivity index (χ1n) is 8.37. The highest BCUT2D eigenvalue weighted by molar-refractivity contribution is 6.05. The van der Waals surface area contributed by atoms with Gasteiger partial charge < -0.3 is 10.2 Å². The lowest BCUT2D eigenvalue weighted by molar-refractivity contribution is 0.0876. The molecule has 0 radical (unpaired) electrons. The second-order valence-electron chi connectivity index (χ2n) is 6.27. The van der Waals surface area contributed by atoms with Crippen LogP contribution in [0.5, 0.6) is 0 Å². The van der Waals surface area contributed by atoms with Crippen molar-refractivity contribution in [3.8, 4) is 0 Å². The lowest BCUT2D eigenvalue weighted by Crippen LogP contribution is -2.46. The molecule has 0 aliphatic carbocycles. The Morgan fingerprint density at radius 3 is 2.48 bits per heavy atom. The van der Waals surface area contributed by atoms with Gasteiger partial charge >= 0.3 is 0 Å². The largest absolute Gasteiger partial charge is 0.322 e. The van der Waals surface area contributed by atoms with E-state index in [1.54, 1.807) is 48.8 Å². The van der Waals surface area contributed by atoms with Gasteiger partial charge in [0, 0.05) is 55.4 Å². The molecule has 1 aliphatic heterocycles. The van der Waals surface area contributed by atoms with Crippen molar-refractivity contribution in [1.82, 2.24) is 14.8 Å². The van der Waals surface area contributed by atoms with Crippen molar-refractivity contribution in [1.29, 1.82) is 0 Å². The summed E-state index contributed by atoms with van der Waals surface area (Å²) < 4.78 is 0. The van der Waals surface area contributed by atoms with Crippen molar-refractivity contribution < 1.29 is 9.59 Å². The van der Waals surface area contributed by atoms with Crippen molar-refractivity contribution in [3.63, 3.8) is 0 Å². The third kappa shape index (κ3) is 4.71. The van der Waals surface area contributed by atoms with E-state index >= 15 is 0 Å². The highest BCUT2D eigenvalue weighted by atomic mass is 16.1. The number of hydrogen-bond acceptors (Lipinski definition) is 5. The fraction of sp³-hybridized carbons (Fsp3) is 0.316. The summed E-state index contributed by atoms with van der Waals surface area (Å²) in [5.41, 5.74) is 1.77. The fourth-order valence-electron chi connectivity index (χ4n) is 2.78. The van der Waals surface area contributed by atoms with Crippen LogP contribution in [-0.2, 0) is 0 Å². The van der Waals surface area contributed by atoms with Gasteiger partial charge in [-0.3, -0.25) is 19.5 Å². The lowest BCUT2D eigenvalue weighted by Gasteiger charge is -2.31. The Hall–Kier alpha value is -2.57. The summed E-state index contributed by atoms with van der Waals surface area (Å²) in [7, 11) is 2.09. The predicted molar refractivity (Wildman–Crippen MR) is 96.9 cm³/mol. The molecule has 3 rings (SSSR count). The van der Waals surface area contributed by atoms with Crippen LogP contribution < -0.4 is 5.32 Å². The number of amides is 1. The highest BCUT2D eigenvalue weighted by Crippen LogP contribution is 2.14. The van der Waals surface area contributed by atoms with Gasteiger partial charge in [0.15, 0.2) is 5.78 Å². The Balaban J connectivity index is 1.63. The second-order valence-corrected chi connectivity index (χ2v) is 6.27. The van der Waals surface area contributed by atoms with Crippen LogP contribution in [0.4, 0.5) is 5.69 Å². The average Bonchev–Trinajstić information content (AvgIpc) is 2.64. The minimum absolute atomic E-state index is 0.0737. The molecule has 1 saturated heterocycles. The van der Waals surface area contributed by atoms with Gasteiger partial charge in [-0.25, -0.2) is 0 Å². The molecule has 1 aromatic heterocycles. The molecule has 2 heterocycles. The number of anilines is 1. The number of nitrogens with zero attached hydrogens (tertiary/aromatic N) is 3. The van der Waals surface area contributed by atoms with Crippen molar-refractivity contribution >= 4 is 17.4 Å². The Bertz CT molecular complexity index is 740. The molecule has 1 aliphatic rings. The number of rotatable bonds is 5. The highest BCUT2D eigenvalue weighted by Gasteiger charge is 2.17. The molecule has 6 nitrogen and oxygen atoms in total. The molecule has 25 heavy (non-hydrogen) atoms. The van der Waals surface area contributed by atoms with Crippen molar-refractivity contribution in [2.75, 3.05) is 45.1 Å². The summed E-state index contributed by atoms with van der Waals surface area (Å²) in [6.45, 7) is 4.18. The molecule has 1 N–H and O–H groups in total. The molecule has 0 saturated carbocycles. The summed E-state index contributed by atoms with van der Waals surface area (Å²) in [6.07, 6.45) is 3.15. The third-order valence-electron chi connectivity index (χ3n) is 4.35. The third-order valence-corrected chi connectivity index (χ3v) is 4.35. The van der Waals surface area contributed by atoms with E-state index in [2.05, 4.69) is 27.1 Å². The van der Waals surface area contributed by atoms with Crippen molar-refractivity contribution in [3.05, 3.63) is 59.9 Å². The number of nitrogens with one attached hydrogen (secondary N) is 1. The maximum Gasteiger partial charge on any atom is 0.255 e. The van der Waals surface area contributed by atoms with Crippen LogP contribution in [0.15, 0.2) is 48.8 Å². The molecule has 0 bridgehead atoms. The maximum absolute atomic E-state index is 12.5. The Labute approximate surface area is 147 Å². The molecule has 0 spiro atoms. The average molecular weight is 338 g/mol. The van der Waals surface area contributed by atoms with Crippen LogP contribution in [0, 0.1) is 0 Å². The van der Waals surface area contributed by atoms with Crippen LogP contribution in [0.25, 0.3) is 0 Å². The summed E-state index contributed by atoms with van der Waals surface area (Å²) in [5.74, 6) is -0.143. The first-order chi connectivity index (χ1) is 12.1. The van der Waals surface area contributed by atoms with E-state index in [9.17, 15) is 9.59 Å². The molecule has 6 heteroatoms. The number of carbonyl (C=O) groups excluding carboxylic acids is 2. The van der Waals surface area contributed by atoms with Crippen LogP contribution in [-0.4, -0.2) is 66.2 Å². The first kappa shape index (κ1) is 17.3. The van der Waals surface area contributed by atoms with Gasteiger partial charge in [0.1, 0.15) is 0 Å². The fourth-order valence-corrected chi connectivity index (χ4v) is 2.78. The summed E-state index contributed by atoms with van der Waals surface area (Å²) >= 11 is 0. The number of piperazine rings is 1. The molecular weight excluding hydrogens is 316 g/mol. The predicted octanol–water partition coefficient (Wildman–Crippen LogP) is 1.76. The number of ketones is 1. The number of benzene rings is 1. The second kappa shape index (κ2) is 8.00. The van der Waals surface area contributed by atoms with E-state index in [-0.39, 0.29) is 11.7 Å². The monoisotopic (exact) mass is 338 g/mol. The zero-order chi connectivity index (χ0) is 17.6. The number of carbonyl (C=O) groups is 2. The van der Waals surface area contributed by atoms with E-state index in [1.165, 1.54) is 0 Å². The van der Waals surface area contributed by atoms with E-state index in [0.29, 0.717) is 23.4 Å². The number of hydrogen-bond donors (Lipinski definition) is 1. The van der Waals surface area contributed by atoms with Gasteiger partial charge in [-0.2, -0.15) is 0 Å². The molecular formula is C19H22N4O2. The van der Waals surface area contributed by atoms with Crippen LogP contribution in [0.3, 0.4) is 0 Å².